The zero-order chi connectivity index (χ0) is 19.1. The van der Waals surface area contributed by atoms with Gasteiger partial charge in [-0.3, -0.25) is 9.36 Å². The van der Waals surface area contributed by atoms with Crippen molar-refractivity contribution in [2.45, 2.75) is 13.5 Å². The summed E-state index contributed by atoms with van der Waals surface area (Å²) in [6.07, 6.45) is 2.73. The second kappa shape index (κ2) is 8.73. The van der Waals surface area contributed by atoms with Gasteiger partial charge in [-0.25, -0.2) is 9.78 Å². The summed E-state index contributed by atoms with van der Waals surface area (Å²) in [4.78, 5) is 28.1. The summed E-state index contributed by atoms with van der Waals surface area (Å²) < 4.78 is 19.7. The minimum atomic E-state index is -0.831. The summed E-state index contributed by atoms with van der Waals surface area (Å²) >= 11 is 0.953. The van der Waals surface area contributed by atoms with Crippen LogP contribution < -0.4 is 20.1 Å². The van der Waals surface area contributed by atoms with Gasteiger partial charge in [0.15, 0.2) is 5.57 Å². The van der Waals surface area contributed by atoms with Crippen LogP contribution in [0.1, 0.15) is 6.92 Å². The Morgan fingerprint density at radius 3 is 2.96 bits per heavy atom. The van der Waals surface area contributed by atoms with Crippen LogP contribution in [0.15, 0.2) is 35.6 Å². The number of halogens is 1. The third-order valence-electron chi connectivity index (χ3n) is 3.15. The lowest BCUT2D eigenvalue weighted by molar-refractivity contribution is -0.135. The predicted molar refractivity (Wildman–Crippen MR) is 96.0 cm³/mol. The largest absolute Gasteiger partial charge is 0.457 e. The summed E-state index contributed by atoms with van der Waals surface area (Å²) in [7, 11) is 0. The van der Waals surface area contributed by atoms with E-state index in [1.165, 1.54) is 35.0 Å². The zero-order valence-corrected chi connectivity index (χ0v) is 14.7. The van der Waals surface area contributed by atoms with Crippen LogP contribution in [0, 0.1) is 17.3 Å². The Morgan fingerprint density at radius 1 is 1.58 bits per heavy atom. The van der Waals surface area contributed by atoms with Gasteiger partial charge in [-0.15, -0.1) is 11.3 Å². The topological polar surface area (TPSA) is 97.0 Å². The maximum absolute atomic E-state index is 13.1. The molecule has 26 heavy (non-hydrogen) atoms. The number of anilines is 1. The Morgan fingerprint density at radius 2 is 2.35 bits per heavy atom. The third-order valence-corrected chi connectivity index (χ3v) is 4.28. The van der Waals surface area contributed by atoms with Gasteiger partial charge in [0.1, 0.15) is 27.7 Å². The lowest BCUT2D eigenvalue weighted by Crippen LogP contribution is -2.32. The number of carbonyl (C=O) groups is 1. The summed E-state index contributed by atoms with van der Waals surface area (Å²) in [6, 6.07) is 5.99. The molecule has 0 amide bonds. The number of thiazole rings is 1. The van der Waals surface area contributed by atoms with Crippen molar-refractivity contribution in [3.63, 3.8) is 0 Å². The fourth-order valence-electron chi connectivity index (χ4n) is 2.01. The van der Waals surface area contributed by atoms with E-state index in [0.29, 0.717) is 0 Å². The normalized spacial score (nSPS) is 12.3. The summed E-state index contributed by atoms with van der Waals surface area (Å²) in [5.41, 5.74) is -0.653. The smallest absolute Gasteiger partial charge is 0.352 e. The third kappa shape index (κ3) is 4.23. The molecule has 0 unspecified atom stereocenters. The van der Waals surface area contributed by atoms with E-state index in [-0.39, 0.29) is 39.3 Å². The molecule has 0 atom stereocenters. The number of carbonyl (C=O) groups excluding carboxylic acids is 1. The molecule has 0 fully saturated rings. The second-order valence-electron chi connectivity index (χ2n) is 4.83. The monoisotopic (exact) mass is 374 g/mol. The van der Waals surface area contributed by atoms with E-state index < -0.39 is 11.9 Å². The molecule has 134 valence electrons. The lowest BCUT2D eigenvalue weighted by atomic mass is 10.3. The Bertz CT molecular complexity index is 1050. The molecule has 0 bridgehead atoms. The highest BCUT2D eigenvalue weighted by molar-refractivity contribution is 7.07. The first kappa shape index (κ1) is 19.1. The van der Waals surface area contributed by atoms with Crippen LogP contribution in [0.5, 0.6) is 0 Å². The number of rotatable bonds is 6. The van der Waals surface area contributed by atoms with Gasteiger partial charge in [0, 0.05) is 12.7 Å². The number of hydrogen-bond donors (Lipinski definition) is 1. The van der Waals surface area contributed by atoms with Crippen molar-refractivity contribution < 1.29 is 13.9 Å². The first-order valence-electron chi connectivity index (χ1n) is 7.53. The van der Waals surface area contributed by atoms with E-state index in [2.05, 4.69) is 16.9 Å². The molecule has 9 heteroatoms. The minimum Gasteiger partial charge on any atom is -0.457 e. The van der Waals surface area contributed by atoms with Crippen LogP contribution in [-0.2, 0) is 16.1 Å². The molecule has 0 radical (unpaired) electrons. The molecule has 2 heterocycles. The number of nitriles is 1. The number of nitrogens with zero attached hydrogens (tertiary/aromatic N) is 3. The van der Waals surface area contributed by atoms with E-state index in [4.69, 9.17) is 4.74 Å². The van der Waals surface area contributed by atoms with Gasteiger partial charge in [-0.2, -0.15) is 9.65 Å². The van der Waals surface area contributed by atoms with E-state index in [1.54, 1.807) is 13.0 Å². The van der Waals surface area contributed by atoms with Crippen molar-refractivity contribution in [2.75, 3.05) is 11.9 Å². The van der Waals surface area contributed by atoms with Crippen molar-refractivity contribution in [3.8, 4) is 6.07 Å². The van der Waals surface area contributed by atoms with Gasteiger partial charge in [-0.1, -0.05) is 18.7 Å². The molecule has 0 saturated heterocycles. The van der Waals surface area contributed by atoms with Gasteiger partial charge < -0.3 is 10.1 Å². The summed E-state index contributed by atoms with van der Waals surface area (Å²) in [5, 5.41) is 12.0. The Balaban J connectivity index is 2.55. The number of hydrogen-bond acceptors (Lipinski definition) is 7. The molecule has 2 aromatic rings. The molecule has 7 nitrogen and oxygen atoms in total. The van der Waals surface area contributed by atoms with Crippen LogP contribution in [0.4, 0.5) is 10.2 Å². The Kier molecular flexibility index (Phi) is 6.41. The van der Waals surface area contributed by atoms with Crippen molar-refractivity contribution in [2.24, 2.45) is 0 Å². The highest BCUT2D eigenvalue weighted by Gasteiger charge is 2.16. The van der Waals surface area contributed by atoms with Gasteiger partial charge >= 0.3 is 5.97 Å². The number of nitrogens with one attached hydrogen (secondary N) is 1. The molecular weight excluding hydrogens is 359 g/mol. The van der Waals surface area contributed by atoms with Gasteiger partial charge in [0.2, 0.25) is 5.95 Å². The predicted octanol–water partition coefficient (Wildman–Crippen LogP) is 0.717. The van der Waals surface area contributed by atoms with Crippen LogP contribution in [0.25, 0.3) is 11.8 Å². The number of pyridine rings is 1. The fourth-order valence-corrected chi connectivity index (χ4v) is 3.09. The van der Waals surface area contributed by atoms with Crippen molar-refractivity contribution in [1.29, 1.82) is 5.26 Å². The standard InChI is InChI=1S/C17H15FN4O3S/c1-3-8-25-17(24)11(9-19)16-22(4-2)15(23)12(26-16)10-20-14-7-5-6-13(18)21-14/h3,5-7,10H,1,4,8H2,2H3,(H,20,21). The maximum Gasteiger partial charge on any atom is 0.352 e. The average Bonchev–Trinajstić information content (AvgIpc) is 2.94. The highest BCUT2D eigenvalue weighted by atomic mass is 32.1. The first-order valence-corrected chi connectivity index (χ1v) is 8.34. The van der Waals surface area contributed by atoms with Gasteiger partial charge in [0.05, 0.1) is 0 Å². The Labute approximate surface area is 152 Å². The van der Waals surface area contributed by atoms with Crippen molar-refractivity contribution >= 4 is 34.9 Å². The number of aromatic nitrogens is 2. The van der Waals surface area contributed by atoms with E-state index in [0.717, 1.165) is 11.3 Å². The van der Waals surface area contributed by atoms with Crippen molar-refractivity contribution in [3.05, 3.63) is 56.4 Å². The molecule has 0 aliphatic rings. The molecule has 1 N–H and O–H groups in total. The van der Waals surface area contributed by atoms with Crippen molar-refractivity contribution in [1.82, 2.24) is 9.55 Å². The number of ether oxygens (including phenoxy) is 1. The molecule has 2 rings (SSSR count). The van der Waals surface area contributed by atoms with Crippen LogP contribution >= 0.6 is 11.3 Å². The van der Waals surface area contributed by atoms with Gasteiger partial charge in [-0.05, 0) is 19.1 Å². The van der Waals surface area contributed by atoms with Crippen LogP contribution in [0.3, 0.4) is 0 Å². The summed E-state index contributed by atoms with van der Waals surface area (Å²) in [6.45, 7) is 5.37. The fraction of sp³-hybridized carbons (Fsp3) is 0.176. The molecule has 2 aromatic heterocycles. The van der Waals surface area contributed by atoms with Crippen LogP contribution in [0.2, 0.25) is 0 Å². The molecule has 0 saturated carbocycles. The summed E-state index contributed by atoms with van der Waals surface area (Å²) in [5.74, 6) is -1.27. The van der Waals surface area contributed by atoms with E-state index in [1.807, 2.05) is 0 Å². The molecule has 0 aliphatic heterocycles. The molecule has 0 spiro atoms. The zero-order valence-electron chi connectivity index (χ0n) is 13.9. The van der Waals surface area contributed by atoms with E-state index in [9.17, 15) is 19.2 Å². The lowest BCUT2D eigenvalue weighted by Gasteiger charge is -2.00. The number of esters is 1. The molecular formula is C17H15FN4O3S. The SMILES string of the molecule is C=CCOC(=O)C(C#N)=c1sc(=CNc2cccc(F)n2)c(=O)n1CC. The minimum absolute atomic E-state index is 0.0441. The highest BCUT2D eigenvalue weighted by Crippen LogP contribution is 2.03. The van der Waals surface area contributed by atoms with Crippen LogP contribution in [-0.4, -0.2) is 22.1 Å². The maximum atomic E-state index is 13.1. The van der Waals surface area contributed by atoms with E-state index >= 15 is 0 Å². The average molecular weight is 374 g/mol. The van der Waals surface area contributed by atoms with Gasteiger partial charge in [0.25, 0.3) is 5.56 Å². The molecule has 0 aromatic carbocycles. The quantitative estimate of drug-likeness (QED) is 0.455. The first-order chi connectivity index (χ1) is 12.5. The second-order valence-corrected chi connectivity index (χ2v) is 5.86. The Hall–Kier alpha value is -3.25. The molecule has 0 aliphatic carbocycles.